The lowest BCUT2D eigenvalue weighted by molar-refractivity contribution is 0.217. The number of H-pyrrole nitrogens is 1. The van der Waals surface area contributed by atoms with Crippen LogP contribution in [0.3, 0.4) is 0 Å². The third kappa shape index (κ3) is 1.59. The fraction of sp³-hybridized carbons (Fsp3) is 0.167. The molecule has 2 N–H and O–H groups in total. The van der Waals surface area contributed by atoms with E-state index >= 15 is 0 Å². The minimum absolute atomic E-state index is 0.666. The average Bonchev–Trinajstić information content (AvgIpc) is 2.70. The first-order valence-electron chi connectivity index (χ1n) is 4.70. The van der Waals surface area contributed by atoms with Crippen LogP contribution < -0.4 is 0 Å². The number of aromatic amines is 1. The molecule has 0 bridgehead atoms. The third-order valence-electron chi connectivity index (χ3n) is 2.47. The highest BCUT2D eigenvalue weighted by molar-refractivity contribution is 5.80. The molecule has 0 aliphatic rings. The quantitative estimate of drug-likeness (QED) is 0.731. The van der Waals surface area contributed by atoms with E-state index in [-0.39, 0.29) is 0 Å². The summed E-state index contributed by atoms with van der Waals surface area (Å²) in [5.74, 6) is 0. The predicted molar refractivity (Wildman–Crippen MR) is 59.4 cm³/mol. The van der Waals surface area contributed by atoms with E-state index in [0.717, 1.165) is 16.6 Å². The molecule has 76 valence electrons. The van der Waals surface area contributed by atoms with E-state index in [2.05, 4.69) is 22.3 Å². The van der Waals surface area contributed by atoms with Crippen LogP contribution in [0.4, 0.5) is 0 Å². The number of aliphatic hydroxyl groups excluding tert-OH is 1. The molecule has 0 saturated heterocycles. The summed E-state index contributed by atoms with van der Waals surface area (Å²) in [6.45, 7) is 5.32. The van der Waals surface area contributed by atoms with Gasteiger partial charge in [0.1, 0.15) is 11.8 Å². The number of pyridine rings is 1. The topological polar surface area (TPSA) is 48.9 Å². The van der Waals surface area contributed by atoms with Gasteiger partial charge in [-0.3, -0.25) is 0 Å². The Bertz CT molecular complexity index is 535. The Hall–Kier alpha value is -1.83. The molecule has 1 atom stereocenters. The molecule has 0 aliphatic heterocycles. The monoisotopic (exact) mass is 200 g/mol. The zero-order valence-corrected chi connectivity index (χ0v) is 8.49. The van der Waals surface area contributed by atoms with Crippen molar-refractivity contribution in [2.24, 2.45) is 0 Å². The molecular weight excluding hydrogens is 188 g/mol. The van der Waals surface area contributed by atoms with Gasteiger partial charge in [0.2, 0.25) is 0 Å². The second kappa shape index (κ2) is 3.73. The van der Waals surface area contributed by atoms with Gasteiger partial charge in [-0.2, -0.15) is 0 Å². The first-order valence-corrected chi connectivity index (χ1v) is 4.70. The zero-order valence-electron chi connectivity index (χ0n) is 8.49. The van der Waals surface area contributed by atoms with Gasteiger partial charge in [-0.1, -0.05) is 6.58 Å². The molecule has 3 nitrogen and oxygen atoms in total. The van der Waals surface area contributed by atoms with Crippen molar-refractivity contribution in [3.63, 3.8) is 0 Å². The summed E-state index contributed by atoms with van der Waals surface area (Å²) >= 11 is 0. The fourth-order valence-corrected chi connectivity index (χ4v) is 1.53. The lowest BCUT2D eigenvalue weighted by Crippen LogP contribution is -1.96. The Morgan fingerprint density at radius 2 is 2.47 bits per heavy atom. The Morgan fingerprint density at radius 3 is 3.20 bits per heavy atom. The number of aliphatic hydroxyl groups is 1. The molecule has 0 aromatic carbocycles. The lowest BCUT2D eigenvalue weighted by atomic mass is 10.0. The molecule has 0 fully saturated rings. The van der Waals surface area contributed by atoms with E-state index in [4.69, 9.17) is 0 Å². The van der Waals surface area contributed by atoms with Crippen LogP contribution in [0.15, 0.2) is 42.4 Å². The van der Waals surface area contributed by atoms with E-state index in [1.165, 1.54) is 0 Å². The zero-order chi connectivity index (χ0) is 10.8. The molecule has 2 rings (SSSR count). The highest BCUT2D eigenvalue weighted by atomic mass is 16.3. The van der Waals surface area contributed by atoms with Gasteiger partial charge in [0.05, 0.1) is 0 Å². The molecule has 2 heterocycles. The van der Waals surface area contributed by atoms with Crippen LogP contribution in [0.5, 0.6) is 0 Å². The number of hydrogen-bond acceptors (Lipinski definition) is 2. The van der Waals surface area contributed by atoms with E-state index in [9.17, 15) is 5.11 Å². The smallest absolute Gasteiger partial charge is 0.137 e. The second-order valence-corrected chi connectivity index (χ2v) is 3.41. The van der Waals surface area contributed by atoms with Crippen molar-refractivity contribution >= 4 is 11.0 Å². The van der Waals surface area contributed by atoms with Gasteiger partial charge in [0.25, 0.3) is 0 Å². The number of nitrogens with zero attached hydrogens (tertiary/aromatic N) is 1. The largest absolute Gasteiger partial charge is 0.383 e. The molecule has 1 unspecified atom stereocenters. The summed E-state index contributed by atoms with van der Waals surface area (Å²) in [7, 11) is 0. The predicted octanol–water partition coefficient (Wildman–Crippen LogP) is 2.33. The molecule has 3 heteroatoms. The van der Waals surface area contributed by atoms with Crippen molar-refractivity contribution in [3.8, 4) is 0 Å². The number of nitrogens with one attached hydrogen (secondary N) is 1. The maximum atomic E-state index is 9.99. The second-order valence-electron chi connectivity index (χ2n) is 3.41. The SMILES string of the molecule is C=C=C(C)C(O)c1c[nH]c2ncccc12. The first-order chi connectivity index (χ1) is 7.24. The van der Waals surface area contributed by atoms with Gasteiger partial charge < -0.3 is 10.1 Å². The normalized spacial score (nSPS) is 12.4. The number of aromatic nitrogens is 2. The standard InChI is InChI=1S/C12H12N2O/c1-3-8(2)11(15)10-7-14-12-9(10)5-4-6-13-12/h4-7,11,15H,1H2,2H3,(H,13,14). The molecule has 15 heavy (non-hydrogen) atoms. The van der Waals surface area contributed by atoms with Crippen LogP contribution in [0.25, 0.3) is 11.0 Å². The molecule has 0 radical (unpaired) electrons. The van der Waals surface area contributed by atoms with Crippen molar-refractivity contribution in [1.29, 1.82) is 0 Å². The van der Waals surface area contributed by atoms with Crippen molar-refractivity contribution in [2.45, 2.75) is 13.0 Å². The van der Waals surface area contributed by atoms with Crippen LogP contribution >= 0.6 is 0 Å². The van der Waals surface area contributed by atoms with E-state index in [1.807, 2.05) is 12.1 Å². The lowest BCUT2D eigenvalue weighted by Gasteiger charge is -2.07. The summed E-state index contributed by atoms with van der Waals surface area (Å²) in [5, 5.41) is 10.9. The molecule has 2 aromatic heterocycles. The average molecular weight is 200 g/mol. The van der Waals surface area contributed by atoms with Crippen molar-refractivity contribution < 1.29 is 5.11 Å². The summed E-state index contributed by atoms with van der Waals surface area (Å²) in [6, 6.07) is 3.77. The van der Waals surface area contributed by atoms with Crippen molar-refractivity contribution in [2.75, 3.05) is 0 Å². The third-order valence-corrected chi connectivity index (χ3v) is 2.47. The summed E-state index contributed by atoms with van der Waals surface area (Å²) in [5.41, 5.74) is 5.00. The maximum absolute atomic E-state index is 9.99. The van der Waals surface area contributed by atoms with Gasteiger partial charge in [0, 0.05) is 28.9 Å². The minimum Gasteiger partial charge on any atom is -0.383 e. The van der Waals surface area contributed by atoms with Gasteiger partial charge in [-0.05, 0) is 19.1 Å². The highest BCUT2D eigenvalue weighted by Crippen LogP contribution is 2.26. The van der Waals surface area contributed by atoms with Crippen molar-refractivity contribution in [3.05, 3.63) is 48.0 Å². The van der Waals surface area contributed by atoms with Crippen LogP contribution in [0, 0.1) is 0 Å². The Kier molecular flexibility index (Phi) is 2.42. The van der Waals surface area contributed by atoms with E-state index in [0.29, 0.717) is 5.57 Å². The molecule has 0 spiro atoms. The molecule has 0 amide bonds. The molecular formula is C12H12N2O. The van der Waals surface area contributed by atoms with Gasteiger partial charge in [-0.15, -0.1) is 5.73 Å². The summed E-state index contributed by atoms with van der Waals surface area (Å²) in [4.78, 5) is 7.17. The maximum Gasteiger partial charge on any atom is 0.137 e. The fourth-order valence-electron chi connectivity index (χ4n) is 1.53. The Morgan fingerprint density at radius 1 is 1.67 bits per heavy atom. The van der Waals surface area contributed by atoms with E-state index < -0.39 is 6.10 Å². The summed E-state index contributed by atoms with van der Waals surface area (Å²) in [6.07, 6.45) is 2.81. The number of fused-ring (bicyclic) bond motifs is 1. The number of hydrogen-bond donors (Lipinski definition) is 2. The van der Waals surface area contributed by atoms with Crippen LogP contribution in [-0.2, 0) is 0 Å². The van der Waals surface area contributed by atoms with Gasteiger partial charge >= 0.3 is 0 Å². The van der Waals surface area contributed by atoms with Crippen LogP contribution in [0.2, 0.25) is 0 Å². The minimum atomic E-state index is -0.666. The summed E-state index contributed by atoms with van der Waals surface area (Å²) < 4.78 is 0. The Balaban J connectivity index is 2.57. The first kappa shape index (κ1) is 9.71. The van der Waals surface area contributed by atoms with E-state index in [1.54, 1.807) is 19.3 Å². The molecule has 2 aromatic rings. The molecule has 0 saturated carbocycles. The van der Waals surface area contributed by atoms with Crippen molar-refractivity contribution in [1.82, 2.24) is 9.97 Å². The van der Waals surface area contributed by atoms with Crippen LogP contribution in [-0.4, -0.2) is 15.1 Å². The molecule has 0 aliphatic carbocycles. The van der Waals surface area contributed by atoms with Crippen LogP contribution in [0.1, 0.15) is 18.6 Å². The van der Waals surface area contributed by atoms with Gasteiger partial charge in [0.15, 0.2) is 0 Å². The Labute approximate surface area is 87.8 Å². The van der Waals surface area contributed by atoms with Gasteiger partial charge in [-0.25, -0.2) is 4.98 Å². The highest BCUT2D eigenvalue weighted by Gasteiger charge is 2.14. The number of rotatable bonds is 2.